The van der Waals surface area contributed by atoms with E-state index in [2.05, 4.69) is 140 Å². The van der Waals surface area contributed by atoms with Crippen LogP contribution in [0.25, 0.3) is 123 Å². The van der Waals surface area contributed by atoms with Crippen LogP contribution >= 0.6 is 0 Å². The van der Waals surface area contributed by atoms with Crippen molar-refractivity contribution in [2.24, 2.45) is 0 Å². The summed E-state index contributed by atoms with van der Waals surface area (Å²) in [6, 6.07) is 71.2. The van der Waals surface area contributed by atoms with E-state index >= 15 is 0 Å². The molecule has 0 atom stereocenters. The number of pyridine rings is 1. The third-order valence-electron chi connectivity index (χ3n) is 11.7. The van der Waals surface area contributed by atoms with Gasteiger partial charge in [0.05, 0.1) is 16.8 Å². The number of furan rings is 1. The van der Waals surface area contributed by atoms with Gasteiger partial charge in [-0.25, -0.2) is 24.9 Å². The highest BCUT2D eigenvalue weighted by Gasteiger charge is 2.20. The summed E-state index contributed by atoms with van der Waals surface area (Å²) in [6.07, 6.45) is 1.88. The van der Waals surface area contributed by atoms with Crippen molar-refractivity contribution in [3.63, 3.8) is 0 Å². The lowest BCUT2D eigenvalue weighted by molar-refractivity contribution is 0.653. The third kappa shape index (κ3) is 6.76. The Morgan fingerprint density at radius 3 is 1.48 bits per heavy atom. The highest BCUT2D eigenvalue weighted by Crippen LogP contribution is 2.38. The Hall–Kier alpha value is -8.61. The molecule has 4 aromatic heterocycles. The van der Waals surface area contributed by atoms with E-state index in [0.29, 0.717) is 34.2 Å². The Balaban J connectivity index is 0.947. The number of fused-ring (bicyclic) bond motifs is 5. The second-order valence-electron chi connectivity index (χ2n) is 15.7. The van der Waals surface area contributed by atoms with Crippen LogP contribution in [0.3, 0.4) is 0 Å². The fourth-order valence-corrected chi connectivity index (χ4v) is 8.44. The molecule has 63 heavy (non-hydrogen) atoms. The molecule has 0 aliphatic heterocycles. The van der Waals surface area contributed by atoms with Gasteiger partial charge in [0.15, 0.2) is 17.2 Å². The average Bonchev–Trinajstić information content (AvgIpc) is 3.74. The van der Waals surface area contributed by atoms with Crippen molar-refractivity contribution in [1.82, 2.24) is 24.9 Å². The standard InChI is InChI=1S/C57H35N5O/c1-4-12-36(13-5-1)37-20-22-38(23-21-37)50-34-51(60-55(59-50)41-16-8-3-9-17-41)39-24-26-42(27-25-39)56-61-52(40-14-6-2-7-15-40)54-53(62-56)49-33-48(35-58-57(49)63-54)46-29-28-45-30-43-18-10-11-19-44(43)31-47(45)32-46/h1-35H. The number of rotatable bonds is 7. The van der Waals surface area contributed by atoms with Gasteiger partial charge in [0.2, 0.25) is 5.71 Å². The van der Waals surface area contributed by atoms with Gasteiger partial charge in [0.25, 0.3) is 0 Å². The van der Waals surface area contributed by atoms with Crippen LogP contribution in [-0.2, 0) is 0 Å². The lowest BCUT2D eigenvalue weighted by Gasteiger charge is -2.11. The predicted octanol–water partition coefficient (Wildman–Crippen LogP) is 14.5. The van der Waals surface area contributed by atoms with Crippen molar-refractivity contribution in [2.45, 2.75) is 0 Å². The van der Waals surface area contributed by atoms with Crippen molar-refractivity contribution in [3.8, 4) is 78.8 Å². The molecule has 0 radical (unpaired) electrons. The minimum atomic E-state index is 0.517. The lowest BCUT2D eigenvalue weighted by atomic mass is 9.99. The lowest BCUT2D eigenvalue weighted by Crippen LogP contribution is -1.96. The molecular formula is C57H35N5O. The Morgan fingerprint density at radius 1 is 0.317 bits per heavy atom. The number of hydrogen-bond donors (Lipinski definition) is 0. The van der Waals surface area contributed by atoms with Crippen molar-refractivity contribution < 1.29 is 4.42 Å². The summed E-state index contributed by atoms with van der Waals surface area (Å²) in [7, 11) is 0. The van der Waals surface area contributed by atoms with Crippen molar-refractivity contribution >= 4 is 43.7 Å². The predicted molar refractivity (Wildman–Crippen MR) is 256 cm³/mol. The van der Waals surface area contributed by atoms with E-state index in [0.717, 1.165) is 61.3 Å². The maximum Gasteiger partial charge on any atom is 0.229 e. The maximum absolute atomic E-state index is 6.49. The molecular weight excluding hydrogens is 771 g/mol. The van der Waals surface area contributed by atoms with Gasteiger partial charge in [-0.15, -0.1) is 0 Å². The summed E-state index contributed by atoms with van der Waals surface area (Å²) < 4.78 is 6.49. The monoisotopic (exact) mass is 805 g/mol. The van der Waals surface area contributed by atoms with Gasteiger partial charge in [-0.2, -0.15) is 0 Å². The van der Waals surface area contributed by atoms with E-state index in [1.165, 1.54) is 27.1 Å². The smallest absolute Gasteiger partial charge is 0.229 e. The van der Waals surface area contributed by atoms with Gasteiger partial charge >= 0.3 is 0 Å². The van der Waals surface area contributed by atoms with E-state index in [1.807, 2.05) is 72.9 Å². The molecule has 6 heteroatoms. The van der Waals surface area contributed by atoms with Crippen LogP contribution in [-0.4, -0.2) is 24.9 Å². The third-order valence-corrected chi connectivity index (χ3v) is 11.7. The second-order valence-corrected chi connectivity index (χ2v) is 15.7. The normalized spacial score (nSPS) is 11.5. The Kier molecular flexibility index (Phi) is 8.71. The summed E-state index contributed by atoms with van der Waals surface area (Å²) in [5, 5.41) is 5.64. The van der Waals surface area contributed by atoms with Crippen LogP contribution in [0.5, 0.6) is 0 Å². The minimum Gasteiger partial charge on any atom is -0.434 e. The molecule has 0 bridgehead atoms. The maximum atomic E-state index is 6.49. The van der Waals surface area contributed by atoms with Gasteiger partial charge in [-0.3, -0.25) is 0 Å². The molecule has 294 valence electrons. The van der Waals surface area contributed by atoms with E-state index in [1.54, 1.807) is 0 Å². The molecule has 0 saturated heterocycles. The van der Waals surface area contributed by atoms with Gasteiger partial charge in [-0.05, 0) is 68.6 Å². The molecule has 0 fully saturated rings. The number of nitrogens with zero attached hydrogens (tertiary/aromatic N) is 5. The van der Waals surface area contributed by atoms with Crippen LogP contribution < -0.4 is 0 Å². The van der Waals surface area contributed by atoms with Crippen molar-refractivity contribution in [2.75, 3.05) is 0 Å². The molecule has 4 heterocycles. The Labute approximate surface area is 362 Å². The molecule has 0 saturated carbocycles. The fraction of sp³-hybridized carbons (Fsp3) is 0. The summed E-state index contributed by atoms with van der Waals surface area (Å²) in [5.41, 5.74) is 13.3. The van der Waals surface area contributed by atoms with Crippen LogP contribution in [0.1, 0.15) is 0 Å². The number of benzene rings is 8. The van der Waals surface area contributed by atoms with E-state index < -0.39 is 0 Å². The molecule has 0 aliphatic carbocycles. The first-order valence-electron chi connectivity index (χ1n) is 21.0. The van der Waals surface area contributed by atoms with Gasteiger partial charge < -0.3 is 4.42 Å². The molecule has 0 spiro atoms. The Bertz CT molecular complexity index is 3640. The number of aromatic nitrogens is 5. The molecule has 8 aromatic carbocycles. The van der Waals surface area contributed by atoms with Crippen LogP contribution in [0.15, 0.2) is 217 Å². The zero-order valence-electron chi connectivity index (χ0n) is 33.9. The van der Waals surface area contributed by atoms with E-state index in [-0.39, 0.29) is 0 Å². The molecule has 0 amide bonds. The zero-order chi connectivity index (χ0) is 41.7. The second kappa shape index (κ2) is 15.1. The molecule has 6 nitrogen and oxygen atoms in total. The van der Waals surface area contributed by atoms with E-state index in [9.17, 15) is 0 Å². The van der Waals surface area contributed by atoms with E-state index in [4.69, 9.17) is 29.3 Å². The SMILES string of the molecule is c1ccc(-c2ccc(-c3cc(-c4ccc(-c5nc(-c6ccccc6)c6oc7ncc(-c8ccc9cc%10ccccc%10cc9c8)cc7c6n5)cc4)nc(-c4ccccc4)n3)cc2)cc1. The molecule has 0 N–H and O–H groups in total. The summed E-state index contributed by atoms with van der Waals surface area (Å²) in [5.74, 6) is 1.25. The minimum absolute atomic E-state index is 0.517. The molecule has 0 unspecified atom stereocenters. The summed E-state index contributed by atoms with van der Waals surface area (Å²) in [4.78, 5) is 25.3. The highest BCUT2D eigenvalue weighted by atomic mass is 16.3. The fourth-order valence-electron chi connectivity index (χ4n) is 8.44. The Morgan fingerprint density at radius 2 is 0.810 bits per heavy atom. The summed E-state index contributed by atoms with van der Waals surface area (Å²) >= 11 is 0. The average molecular weight is 806 g/mol. The highest BCUT2D eigenvalue weighted by molar-refractivity contribution is 6.07. The largest absolute Gasteiger partial charge is 0.434 e. The summed E-state index contributed by atoms with van der Waals surface area (Å²) in [6.45, 7) is 0. The van der Waals surface area contributed by atoms with Crippen molar-refractivity contribution in [1.29, 1.82) is 0 Å². The zero-order valence-corrected chi connectivity index (χ0v) is 33.9. The quantitative estimate of drug-likeness (QED) is 0.149. The molecule has 0 aliphatic rings. The van der Waals surface area contributed by atoms with Gasteiger partial charge in [-0.1, -0.05) is 176 Å². The van der Waals surface area contributed by atoms with Crippen LogP contribution in [0, 0.1) is 0 Å². The first-order chi connectivity index (χ1) is 31.2. The van der Waals surface area contributed by atoms with Gasteiger partial charge in [0.1, 0.15) is 11.2 Å². The number of hydrogen-bond acceptors (Lipinski definition) is 6. The first-order valence-corrected chi connectivity index (χ1v) is 21.0. The first kappa shape index (κ1) is 36.3. The molecule has 12 aromatic rings. The topological polar surface area (TPSA) is 77.6 Å². The molecule has 12 rings (SSSR count). The van der Waals surface area contributed by atoms with Crippen molar-refractivity contribution in [3.05, 3.63) is 212 Å². The van der Waals surface area contributed by atoms with Gasteiger partial charge in [0, 0.05) is 39.6 Å². The van der Waals surface area contributed by atoms with Crippen LogP contribution in [0.4, 0.5) is 0 Å². The van der Waals surface area contributed by atoms with Crippen LogP contribution in [0.2, 0.25) is 0 Å².